The third-order valence-electron chi connectivity index (χ3n) is 6.17. The molecule has 1 aromatic rings. The number of nitrogens with one attached hydrogen (secondary N) is 1. The van der Waals surface area contributed by atoms with E-state index >= 15 is 0 Å². The molecule has 30 heavy (non-hydrogen) atoms. The van der Waals surface area contributed by atoms with E-state index in [0.29, 0.717) is 26.1 Å². The van der Waals surface area contributed by atoms with Crippen LogP contribution in [0.5, 0.6) is 0 Å². The van der Waals surface area contributed by atoms with Crippen molar-refractivity contribution < 1.29 is 23.7 Å². The highest BCUT2D eigenvalue weighted by molar-refractivity contribution is 5.86. The lowest BCUT2D eigenvalue weighted by Crippen LogP contribution is -2.60. The second kappa shape index (κ2) is 8.42. The number of benzene rings is 1. The maximum Gasteiger partial charge on any atom is 0.252 e. The standard InChI is InChI=1S/C24H33NO5/c1-5-12-27-19-13-24(22(26)25-18-10-11-18,14-20-21(19)30-23(3,4)29-20)28-15-17-9-7-6-8-16(17)2/h5-9,18-21H,1,10-15H2,2-4H3,(H,25,26)/t19-,20+,21-,24+/m0/s1. The first kappa shape index (κ1) is 21.5. The lowest BCUT2D eigenvalue weighted by Gasteiger charge is -2.43. The van der Waals surface area contributed by atoms with Gasteiger partial charge in [0.15, 0.2) is 11.4 Å². The molecule has 0 radical (unpaired) electrons. The van der Waals surface area contributed by atoms with Crippen molar-refractivity contribution >= 4 is 5.91 Å². The minimum atomic E-state index is -1.03. The first-order valence-corrected chi connectivity index (χ1v) is 10.9. The number of hydrogen-bond acceptors (Lipinski definition) is 5. The molecule has 1 saturated heterocycles. The Morgan fingerprint density at radius 2 is 2.03 bits per heavy atom. The molecule has 0 aromatic heterocycles. The molecule has 1 N–H and O–H groups in total. The van der Waals surface area contributed by atoms with Gasteiger partial charge in [-0.05, 0) is 44.7 Å². The third-order valence-corrected chi connectivity index (χ3v) is 6.17. The van der Waals surface area contributed by atoms with Gasteiger partial charge in [-0.3, -0.25) is 4.79 Å². The zero-order valence-corrected chi connectivity index (χ0v) is 18.2. The quantitative estimate of drug-likeness (QED) is 0.659. The Balaban J connectivity index is 1.60. The molecular weight excluding hydrogens is 382 g/mol. The second-order valence-electron chi connectivity index (χ2n) is 9.16. The largest absolute Gasteiger partial charge is 0.371 e. The maximum atomic E-state index is 13.4. The molecule has 0 unspecified atom stereocenters. The van der Waals surface area contributed by atoms with Gasteiger partial charge in [-0.25, -0.2) is 0 Å². The summed E-state index contributed by atoms with van der Waals surface area (Å²) in [6.07, 6.45) is 3.80. The zero-order valence-electron chi connectivity index (χ0n) is 18.2. The van der Waals surface area contributed by atoms with E-state index in [0.717, 1.165) is 24.0 Å². The van der Waals surface area contributed by atoms with Crippen molar-refractivity contribution in [3.8, 4) is 0 Å². The van der Waals surface area contributed by atoms with Crippen LogP contribution < -0.4 is 5.32 Å². The highest BCUT2D eigenvalue weighted by atomic mass is 16.8. The Kier molecular flexibility index (Phi) is 6.04. The lowest BCUT2D eigenvalue weighted by atomic mass is 9.78. The zero-order chi connectivity index (χ0) is 21.4. The predicted molar refractivity (Wildman–Crippen MR) is 113 cm³/mol. The normalized spacial score (nSPS) is 32.4. The third kappa shape index (κ3) is 4.62. The van der Waals surface area contributed by atoms with Crippen LogP contribution in [0.3, 0.4) is 0 Å². The summed E-state index contributed by atoms with van der Waals surface area (Å²) in [5.41, 5.74) is 1.19. The van der Waals surface area contributed by atoms with E-state index < -0.39 is 11.4 Å². The highest BCUT2D eigenvalue weighted by Gasteiger charge is 2.58. The summed E-state index contributed by atoms with van der Waals surface area (Å²) in [4.78, 5) is 13.4. The SMILES string of the molecule is C=CCO[C@H]1C[C@](OCc2ccccc2C)(C(=O)NC2CC2)C[C@H]2OC(C)(C)O[C@@H]12. The van der Waals surface area contributed by atoms with Crippen LogP contribution in [-0.4, -0.2) is 48.3 Å². The number of hydrogen-bond donors (Lipinski definition) is 1. The van der Waals surface area contributed by atoms with Crippen molar-refractivity contribution in [3.05, 3.63) is 48.0 Å². The average molecular weight is 416 g/mol. The number of amides is 1. The molecule has 164 valence electrons. The number of aryl methyl sites for hydroxylation is 1. The minimum Gasteiger partial charge on any atom is -0.371 e. The summed E-state index contributed by atoms with van der Waals surface area (Å²) < 4.78 is 24.8. The molecule has 0 spiro atoms. The van der Waals surface area contributed by atoms with Crippen molar-refractivity contribution in [1.82, 2.24) is 5.32 Å². The predicted octanol–water partition coefficient (Wildman–Crippen LogP) is 3.41. The molecule has 1 amide bonds. The number of ether oxygens (including phenoxy) is 4. The fourth-order valence-electron chi connectivity index (χ4n) is 4.43. The smallest absolute Gasteiger partial charge is 0.252 e. The summed E-state index contributed by atoms with van der Waals surface area (Å²) in [6.45, 7) is 10.4. The second-order valence-corrected chi connectivity index (χ2v) is 9.16. The summed E-state index contributed by atoms with van der Waals surface area (Å²) in [6, 6.07) is 8.34. The van der Waals surface area contributed by atoms with Gasteiger partial charge in [-0.1, -0.05) is 30.3 Å². The molecule has 3 aliphatic rings. The lowest BCUT2D eigenvalue weighted by molar-refractivity contribution is -0.180. The molecule has 6 heteroatoms. The van der Waals surface area contributed by atoms with Crippen LogP contribution in [0.15, 0.2) is 36.9 Å². The Morgan fingerprint density at radius 1 is 1.27 bits per heavy atom. The van der Waals surface area contributed by atoms with Gasteiger partial charge >= 0.3 is 0 Å². The molecule has 2 saturated carbocycles. The van der Waals surface area contributed by atoms with E-state index in [1.54, 1.807) is 6.08 Å². The first-order valence-electron chi connectivity index (χ1n) is 10.9. The topological polar surface area (TPSA) is 66.0 Å². The summed E-state index contributed by atoms with van der Waals surface area (Å²) in [5, 5.41) is 3.16. The highest BCUT2D eigenvalue weighted by Crippen LogP contribution is 2.44. The average Bonchev–Trinajstić information content (AvgIpc) is 3.45. The molecule has 1 heterocycles. The van der Waals surface area contributed by atoms with E-state index in [1.165, 1.54) is 0 Å². The fourth-order valence-corrected chi connectivity index (χ4v) is 4.43. The summed E-state index contributed by atoms with van der Waals surface area (Å²) in [7, 11) is 0. The summed E-state index contributed by atoms with van der Waals surface area (Å²) >= 11 is 0. The van der Waals surface area contributed by atoms with Gasteiger partial charge < -0.3 is 24.3 Å². The van der Waals surface area contributed by atoms with Crippen molar-refractivity contribution in [2.75, 3.05) is 6.61 Å². The first-order chi connectivity index (χ1) is 14.3. The van der Waals surface area contributed by atoms with E-state index in [9.17, 15) is 4.79 Å². The molecule has 3 fully saturated rings. The van der Waals surface area contributed by atoms with Crippen LogP contribution in [0.4, 0.5) is 0 Å². The van der Waals surface area contributed by atoms with Gasteiger partial charge in [0, 0.05) is 18.9 Å². The summed E-state index contributed by atoms with van der Waals surface area (Å²) in [5.74, 6) is -0.790. The van der Waals surface area contributed by atoms with Crippen LogP contribution >= 0.6 is 0 Å². The van der Waals surface area contributed by atoms with Gasteiger partial charge in [0.2, 0.25) is 0 Å². The van der Waals surface area contributed by atoms with Gasteiger partial charge in [0.25, 0.3) is 5.91 Å². The molecule has 4 atom stereocenters. The Hall–Kier alpha value is -1.73. The van der Waals surface area contributed by atoms with Gasteiger partial charge in [0.1, 0.15) is 6.10 Å². The molecule has 1 aliphatic heterocycles. The van der Waals surface area contributed by atoms with Gasteiger partial charge in [0.05, 0.1) is 25.4 Å². The molecule has 1 aromatic carbocycles. The fraction of sp³-hybridized carbons (Fsp3) is 0.625. The number of carbonyl (C=O) groups is 1. The van der Waals surface area contributed by atoms with Crippen LogP contribution in [0.2, 0.25) is 0 Å². The number of fused-ring (bicyclic) bond motifs is 1. The molecule has 0 bridgehead atoms. The van der Waals surface area contributed by atoms with Crippen molar-refractivity contribution in [2.24, 2.45) is 0 Å². The van der Waals surface area contributed by atoms with Crippen molar-refractivity contribution in [3.63, 3.8) is 0 Å². The van der Waals surface area contributed by atoms with Gasteiger partial charge in [-0.2, -0.15) is 0 Å². The van der Waals surface area contributed by atoms with Crippen LogP contribution in [0.25, 0.3) is 0 Å². The van der Waals surface area contributed by atoms with E-state index in [-0.39, 0.29) is 30.3 Å². The Bertz CT molecular complexity index is 790. The van der Waals surface area contributed by atoms with Gasteiger partial charge in [-0.15, -0.1) is 6.58 Å². The van der Waals surface area contributed by atoms with Crippen molar-refractivity contribution in [1.29, 1.82) is 0 Å². The number of carbonyl (C=O) groups excluding carboxylic acids is 1. The molecular formula is C24H33NO5. The molecule has 6 nitrogen and oxygen atoms in total. The van der Waals surface area contributed by atoms with Crippen LogP contribution in [0.1, 0.15) is 50.7 Å². The Morgan fingerprint density at radius 3 is 2.73 bits per heavy atom. The molecule has 4 rings (SSSR count). The minimum absolute atomic E-state index is 0.0717. The Labute approximate surface area is 178 Å². The van der Waals surface area contributed by atoms with Crippen LogP contribution in [0, 0.1) is 6.92 Å². The van der Waals surface area contributed by atoms with E-state index in [2.05, 4.69) is 24.9 Å². The maximum absolute atomic E-state index is 13.4. The number of rotatable bonds is 8. The van der Waals surface area contributed by atoms with E-state index in [1.807, 2.05) is 32.0 Å². The van der Waals surface area contributed by atoms with E-state index in [4.69, 9.17) is 18.9 Å². The molecule has 2 aliphatic carbocycles. The van der Waals surface area contributed by atoms with Crippen LogP contribution in [-0.2, 0) is 30.3 Å². The monoisotopic (exact) mass is 415 g/mol. The van der Waals surface area contributed by atoms with Crippen molar-refractivity contribution in [2.45, 2.75) is 88.8 Å².